The lowest BCUT2D eigenvalue weighted by molar-refractivity contribution is -0.958. The Balaban J connectivity index is 0.00000129. The molecule has 89 heavy (non-hydrogen) atoms. The zero-order valence-corrected chi connectivity index (χ0v) is 49.0. The van der Waals surface area contributed by atoms with Crippen LogP contribution in [0.15, 0.2) is 66.7 Å². The minimum Gasteiger partial charge on any atom is -0.490 e. The highest BCUT2D eigenvalue weighted by Crippen LogP contribution is 2.50. The van der Waals surface area contributed by atoms with Crippen LogP contribution in [0.25, 0.3) is 0 Å². The molecule has 0 aliphatic carbocycles. The van der Waals surface area contributed by atoms with Crippen LogP contribution >= 0.6 is 0 Å². The van der Waals surface area contributed by atoms with Gasteiger partial charge in [0.25, 0.3) is 0 Å². The summed E-state index contributed by atoms with van der Waals surface area (Å²) in [6.07, 6.45) is -29.0. The first-order valence-electron chi connectivity index (χ1n) is 28.9. The van der Waals surface area contributed by atoms with Crippen LogP contribution in [-0.2, 0) is 49.4 Å². The highest BCUT2D eigenvalue weighted by molar-refractivity contribution is 6.39. The molecule has 4 aromatic carbocycles. The minimum atomic E-state index is -5.65. The molecule has 0 radical (unpaired) electrons. The van der Waals surface area contributed by atoms with Crippen molar-refractivity contribution in [2.75, 3.05) is 19.6 Å². The first-order valence-corrected chi connectivity index (χ1v) is 28.9. The van der Waals surface area contributed by atoms with Crippen LogP contribution in [-0.4, -0.2) is 31.4 Å². The Morgan fingerprint density at radius 2 is 0.629 bits per heavy atom. The van der Waals surface area contributed by atoms with Gasteiger partial charge in [0.1, 0.15) is 23.3 Å². The molecule has 4 nitrogen and oxygen atoms in total. The molecule has 0 saturated heterocycles. The summed E-state index contributed by atoms with van der Waals surface area (Å²) in [7, 11) is -3.27. The van der Waals surface area contributed by atoms with E-state index in [4.69, 9.17) is 14.0 Å². The van der Waals surface area contributed by atoms with Gasteiger partial charge in [-0.05, 0) is 74.2 Å². The van der Waals surface area contributed by atoms with Crippen molar-refractivity contribution >= 4 is 7.32 Å². The van der Waals surface area contributed by atoms with E-state index in [0.29, 0.717) is 63.5 Å². The van der Waals surface area contributed by atoms with Gasteiger partial charge in [-0.15, -0.1) is 6.07 Å². The molecule has 1 atom stereocenters. The fourth-order valence-corrected chi connectivity index (χ4v) is 9.92. The van der Waals surface area contributed by atoms with Gasteiger partial charge in [0.05, 0.1) is 58.6 Å². The monoisotopic (exact) mass is 1320 g/mol. The molecule has 0 fully saturated rings. The molecule has 4 aromatic rings. The Bertz CT molecular complexity index is 2550. The molecule has 0 spiro atoms. The molecule has 0 aliphatic heterocycles. The molecular weight excluding hydrogens is 1250 g/mol. The van der Waals surface area contributed by atoms with Crippen LogP contribution in [0.1, 0.15) is 212 Å². The summed E-state index contributed by atoms with van der Waals surface area (Å²) in [5.41, 5.74) is -15.9. The van der Waals surface area contributed by atoms with Gasteiger partial charge in [0.2, 0.25) is 0 Å². The molecule has 0 heterocycles. The first kappa shape index (κ1) is 77.9. The maximum Gasteiger partial charge on any atom is 0.864 e. The molecule has 0 saturated carbocycles. The van der Waals surface area contributed by atoms with Gasteiger partial charge in [0, 0.05) is 6.42 Å². The quantitative estimate of drug-likeness (QED) is 0.0165. The molecule has 4 rings (SSSR count). The van der Waals surface area contributed by atoms with Crippen LogP contribution in [0.5, 0.6) is 17.2 Å². The van der Waals surface area contributed by atoms with Crippen molar-refractivity contribution in [2.45, 2.75) is 212 Å². The van der Waals surface area contributed by atoms with Gasteiger partial charge in [0.15, 0.2) is 0 Å². The van der Waals surface area contributed by atoms with Crippen molar-refractivity contribution in [1.29, 1.82) is 0 Å². The maximum absolute atomic E-state index is 15.7. The highest BCUT2D eigenvalue weighted by Gasteiger charge is 2.49. The topological polar surface area (TPSA) is 27.7 Å². The molecule has 1 unspecified atom stereocenters. The number of quaternary nitrogens is 1. The summed E-state index contributed by atoms with van der Waals surface area (Å²) in [6.45, 7) is 8.05. The van der Waals surface area contributed by atoms with Crippen LogP contribution in [0, 0.1) is 6.07 Å². The lowest BCUT2D eigenvalue weighted by atomic mass is 9.88. The van der Waals surface area contributed by atoms with Gasteiger partial charge in [-0.2, -0.15) is 124 Å². The number of unbranched alkanes of at least 4 members (excludes halogenated alkanes) is 15. The Hall–Kier alpha value is -5.38. The van der Waals surface area contributed by atoms with E-state index in [1.54, 1.807) is 26.8 Å². The molecule has 504 valence electrons. The SMILES string of the molecule is CCCCCCCCCCCCCCCC(c1c(OB(Oc2cc(C(F)(F)F)cc(C(F)(F)F)c2)Oc2cc(C(F)(F)F)cc(C(F)(F)F)c2)cc(C(F)(F)F)cc1C(F)(F)F)[N+](CCCC)(CCCC)CCCC.FC(F)(F)c1c[c-]cc(C(F)(F)F)c1. The Labute approximate surface area is 501 Å². The molecule has 29 heteroatoms. The summed E-state index contributed by atoms with van der Waals surface area (Å²) in [5, 5.41) is 0. The van der Waals surface area contributed by atoms with E-state index in [0.717, 1.165) is 57.8 Å². The van der Waals surface area contributed by atoms with Crippen molar-refractivity contribution in [3.05, 3.63) is 123 Å². The maximum atomic E-state index is 15.7. The van der Waals surface area contributed by atoms with Crippen molar-refractivity contribution in [3.8, 4) is 17.2 Å². The van der Waals surface area contributed by atoms with E-state index in [-0.39, 0.29) is 91.6 Å². The number of hydrogen-bond acceptors (Lipinski definition) is 3. The second kappa shape index (κ2) is 33.3. The van der Waals surface area contributed by atoms with Gasteiger partial charge in [-0.3, -0.25) is 0 Å². The standard InChI is InChI=1S/C52H67BF18NO3.C8H3F6/c1-5-9-13-14-15-16-17-18-19-20-21-22-23-24-44(72(25-10-6-2,26-11-7-3)27-12-8-4)46-43(52(69,70)71)34-40(51(66,67)68)35-45(46)75-53(73-41-30-36(47(54,55)56)28-37(31-41)48(57,58)59)74-42-32-38(49(60,61)62)29-39(33-42)50(63,64)65;9-7(10,11)5-2-1-3-6(4-5)8(12,13)14/h28-35,44H,5-27H2,1-4H3;2-4H/q+1;-1. The van der Waals surface area contributed by atoms with Gasteiger partial charge in [-0.25, -0.2) is 0 Å². The summed E-state index contributed by atoms with van der Waals surface area (Å²) < 4.78 is 348. The highest BCUT2D eigenvalue weighted by atomic mass is 19.4. The third-order valence-electron chi connectivity index (χ3n) is 14.5. The summed E-state index contributed by atoms with van der Waals surface area (Å²) in [5.74, 6) is -4.52. The molecule has 0 N–H and O–H groups in total. The molecule has 0 amide bonds. The van der Waals surface area contributed by atoms with Crippen LogP contribution in [0.3, 0.4) is 0 Å². The average Bonchev–Trinajstić information content (AvgIpc) is 0.769. The normalized spacial score (nSPS) is 13.5. The van der Waals surface area contributed by atoms with Gasteiger partial charge in [-0.1, -0.05) is 135 Å². The van der Waals surface area contributed by atoms with Crippen molar-refractivity contribution in [1.82, 2.24) is 0 Å². The fourth-order valence-electron chi connectivity index (χ4n) is 9.92. The number of halogens is 24. The van der Waals surface area contributed by atoms with Gasteiger partial charge >= 0.3 is 56.7 Å². The smallest absolute Gasteiger partial charge is 0.490 e. The second-order valence-electron chi connectivity index (χ2n) is 21.6. The Morgan fingerprint density at radius 1 is 0.337 bits per heavy atom. The summed E-state index contributed by atoms with van der Waals surface area (Å²) in [6, 6.07) is 0.0376. The molecule has 0 bridgehead atoms. The zero-order chi connectivity index (χ0) is 67.5. The summed E-state index contributed by atoms with van der Waals surface area (Å²) in [4.78, 5) is 0. The van der Waals surface area contributed by atoms with Crippen molar-refractivity contribution in [2.24, 2.45) is 0 Å². The van der Waals surface area contributed by atoms with Crippen LogP contribution in [0.4, 0.5) is 105 Å². The Morgan fingerprint density at radius 3 is 0.933 bits per heavy atom. The lowest BCUT2D eigenvalue weighted by Crippen LogP contribution is -2.53. The predicted molar refractivity (Wildman–Crippen MR) is 285 cm³/mol. The van der Waals surface area contributed by atoms with E-state index in [1.807, 2.05) is 0 Å². The van der Waals surface area contributed by atoms with E-state index < -0.39 is 130 Å². The van der Waals surface area contributed by atoms with E-state index in [9.17, 15) is 92.2 Å². The van der Waals surface area contributed by atoms with Crippen molar-refractivity contribution < 1.29 is 124 Å². The second-order valence-corrected chi connectivity index (χ2v) is 21.6. The Kier molecular flexibility index (Phi) is 29.1. The van der Waals surface area contributed by atoms with Crippen LogP contribution in [0.2, 0.25) is 0 Å². The van der Waals surface area contributed by atoms with Crippen LogP contribution < -0.4 is 14.0 Å². The third kappa shape index (κ3) is 25.7. The predicted octanol–water partition coefficient (Wildman–Crippen LogP) is 23.6. The molecular formula is C60H70BF24NO3. The van der Waals surface area contributed by atoms with E-state index in [2.05, 4.69) is 6.92 Å². The van der Waals surface area contributed by atoms with Gasteiger partial charge < -0.3 is 18.4 Å². The molecule has 0 aliphatic rings. The number of rotatable bonds is 31. The lowest BCUT2D eigenvalue weighted by Gasteiger charge is -2.47. The number of nitrogens with zero attached hydrogens (tertiary/aromatic N) is 1. The third-order valence-corrected chi connectivity index (χ3v) is 14.5. The van der Waals surface area contributed by atoms with E-state index >= 15 is 13.2 Å². The minimum absolute atomic E-state index is 0.0521. The van der Waals surface area contributed by atoms with Crippen molar-refractivity contribution in [3.63, 3.8) is 0 Å². The molecule has 0 aromatic heterocycles. The zero-order valence-electron chi connectivity index (χ0n) is 49.0. The van der Waals surface area contributed by atoms with E-state index in [1.165, 1.54) is 6.42 Å². The number of hydrogen-bond donors (Lipinski definition) is 0. The fraction of sp³-hybridized carbons (Fsp3) is 0.600. The largest absolute Gasteiger partial charge is 0.864 e. The first-order chi connectivity index (χ1) is 41.0. The summed E-state index contributed by atoms with van der Waals surface area (Å²) >= 11 is 0. The number of benzene rings is 4. The average molecular weight is 1320 g/mol. The number of alkyl halides is 24.